The van der Waals surface area contributed by atoms with Crippen molar-refractivity contribution in [1.29, 1.82) is 0 Å². The Balaban J connectivity index is 2.06. The van der Waals surface area contributed by atoms with Crippen LogP contribution in [0.3, 0.4) is 0 Å². The third-order valence-electron chi connectivity index (χ3n) is 4.54. The number of halogens is 1. The number of nitrogens with one attached hydrogen (secondary N) is 1. The predicted molar refractivity (Wildman–Crippen MR) is 78.9 cm³/mol. The van der Waals surface area contributed by atoms with Crippen molar-refractivity contribution in [2.75, 3.05) is 0 Å². The monoisotopic (exact) mass is 284 g/mol. The molecule has 3 N–H and O–H groups in total. The van der Waals surface area contributed by atoms with Crippen molar-refractivity contribution in [1.82, 2.24) is 15.2 Å². The minimum Gasteiger partial charge on any atom is -0.271 e. The molecule has 1 heterocycles. The summed E-state index contributed by atoms with van der Waals surface area (Å²) >= 11 is 6.31. The Morgan fingerprint density at radius 3 is 2.53 bits per heavy atom. The van der Waals surface area contributed by atoms with Gasteiger partial charge in [-0.1, -0.05) is 31.4 Å². The topological polar surface area (TPSA) is 55.9 Å². The van der Waals surface area contributed by atoms with Gasteiger partial charge >= 0.3 is 0 Å². The lowest BCUT2D eigenvalue weighted by Gasteiger charge is -2.32. The van der Waals surface area contributed by atoms with Gasteiger partial charge in [0.2, 0.25) is 0 Å². The molecule has 1 aromatic rings. The van der Waals surface area contributed by atoms with E-state index in [0.717, 1.165) is 28.7 Å². The van der Waals surface area contributed by atoms with Gasteiger partial charge in [0.25, 0.3) is 0 Å². The first-order chi connectivity index (χ1) is 9.02. The van der Waals surface area contributed by atoms with Crippen LogP contribution in [0.5, 0.6) is 0 Å². The molecule has 0 amide bonds. The van der Waals surface area contributed by atoms with E-state index in [1.807, 2.05) is 14.0 Å². The van der Waals surface area contributed by atoms with Crippen LogP contribution in [0.25, 0.3) is 0 Å². The molecule has 0 spiro atoms. The quantitative estimate of drug-likeness (QED) is 0.660. The smallest absolute Gasteiger partial charge is 0.130 e. The van der Waals surface area contributed by atoms with Gasteiger partial charge in [-0.05, 0) is 38.0 Å². The molecule has 1 aliphatic carbocycles. The Morgan fingerprint density at radius 2 is 2.05 bits per heavy atom. The summed E-state index contributed by atoms with van der Waals surface area (Å²) in [6.07, 6.45) is 6.00. The summed E-state index contributed by atoms with van der Waals surface area (Å²) in [5.74, 6) is 7.28. The number of hydrazine groups is 1. The van der Waals surface area contributed by atoms with E-state index in [-0.39, 0.29) is 0 Å². The van der Waals surface area contributed by atoms with Crippen LogP contribution in [0.2, 0.25) is 5.15 Å². The molecule has 1 aliphatic rings. The van der Waals surface area contributed by atoms with Crippen LogP contribution in [-0.4, -0.2) is 15.8 Å². The SMILES string of the molecule is Cc1nn(C)c(Cl)c1CC(NN)C1CCC(C)CC1. The van der Waals surface area contributed by atoms with Gasteiger partial charge in [-0.25, -0.2) is 0 Å². The Hall–Kier alpha value is -0.580. The highest BCUT2D eigenvalue weighted by Gasteiger charge is 2.27. The number of hydrogen-bond donors (Lipinski definition) is 2. The summed E-state index contributed by atoms with van der Waals surface area (Å²) in [5.41, 5.74) is 5.14. The van der Waals surface area contributed by atoms with Crippen molar-refractivity contribution in [3.8, 4) is 0 Å². The van der Waals surface area contributed by atoms with Gasteiger partial charge in [-0.15, -0.1) is 0 Å². The molecule has 0 bridgehead atoms. The Morgan fingerprint density at radius 1 is 1.42 bits per heavy atom. The third kappa shape index (κ3) is 3.30. The second-order valence-corrected chi connectivity index (χ2v) is 6.33. The van der Waals surface area contributed by atoms with Crippen LogP contribution in [0.1, 0.15) is 43.9 Å². The molecule has 0 aliphatic heterocycles. The molecule has 0 saturated heterocycles. The summed E-state index contributed by atoms with van der Waals surface area (Å²) < 4.78 is 1.74. The van der Waals surface area contributed by atoms with E-state index in [2.05, 4.69) is 17.4 Å². The fourth-order valence-corrected chi connectivity index (χ4v) is 3.43. The number of rotatable bonds is 4. The van der Waals surface area contributed by atoms with Crippen molar-refractivity contribution in [3.63, 3.8) is 0 Å². The fourth-order valence-electron chi connectivity index (χ4n) is 3.18. The Kier molecular flexibility index (Phi) is 4.87. The lowest BCUT2D eigenvalue weighted by molar-refractivity contribution is 0.229. The van der Waals surface area contributed by atoms with Gasteiger partial charge in [0, 0.05) is 18.7 Å². The number of hydrogen-bond acceptors (Lipinski definition) is 3. The summed E-state index contributed by atoms with van der Waals surface area (Å²) in [4.78, 5) is 0. The molecule has 1 atom stereocenters. The molecule has 2 rings (SSSR count). The van der Waals surface area contributed by atoms with Crippen LogP contribution in [0, 0.1) is 18.8 Å². The van der Waals surface area contributed by atoms with Crippen LogP contribution in [-0.2, 0) is 13.5 Å². The van der Waals surface area contributed by atoms with Crippen molar-refractivity contribution in [2.45, 2.75) is 52.0 Å². The van der Waals surface area contributed by atoms with Crippen molar-refractivity contribution >= 4 is 11.6 Å². The Bertz CT molecular complexity index is 421. The summed E-state index contributed by atoms with van der Waals surface area (Å²) in [7, 11) is 1.88. The lowest BCUT2D eigenvalue weighted by Crippen LogP contribution is -2.43. The number of nitrogens with zero attached hydrogens (tertiary/aromatic N) is 2. The van der Waals surface area contributed by atoms with E-state index in [0.29, 0.717) is 12.0 Å². The molecule has 1 fully saturated rings. The zero-order valence-electron chi connectivity index (χ0n) is 12.1. The van der Waals surface area contributed by atoms with Gasteiger partial charge in [-0.3, -0.25) is 16.0 Å². The molecular formula is C14H25ClN4. The first kappa shape index (κ1) is 14.8. The first-order valence-corrected chi connectivity index (χ1v) is 7.54. The first-order valence-electron chi connectivity index (χ1n) is 7.17. The molecule has 5 heteroatoms. The number of aromatic nitrogens is 2. The number of aryl methyl sites for hydroxylation is 2. The van der Waals surface area contributed by atoms with Gasteiger partial charge in [0.05, 0.1) is 5.69 Å². The zero-order chi connectivity index (χ0) is 14.0. The highest BCUT2D eigenvalue weighted by molar-refractivity contribution is 6.30. The molecule has 1 saturated carbocycles. The molecule has 0 radical (unpaired) electrons. The third-order valence-corrected chi connectivity index (χ3v) is 5.01. The maximum atomic E-state index is 6.31. The minimum atomic E-state index is 0.299. The Labute approximate surface area is 120 Å². The van der Waals surface area contributed by atoms with E-state index in [1.54, 1.807) is 4.68 Å². The van der Waals surface area contributed by atoms with Crippen LogP contribution in [0.15, 0.2) is 0 Å². The summed E-state index contributed by atoms with van der Waals surface area (Å²) in [6.45, 7) is 4.35. The maximum absolute atomic E-state index is 6.31. The van der Waals surface area contributed by atoms with Crippen LogP contribution >= 0.6 is 11.6 Å². The molecular weight excluding hydrogens is 260 g/mol. The normalized spacial score (nSPS) is 25.5. The molecule has 1 aromatic heterocycles. The maximum Gasteiger partial charge on any atom is 0.130 e. The lowest BCUT2D eigenvalue weighted by atomic mass is 9.78. The molecule has 0 aromatic carbocycles. The van der Waals surface area contributed by atoms with E-state index >= 15 is 0 Å². The van der Waals surface area contributed by atoms with Crippen LogP contribution in [0.4, 0.5) is 0 Å². The summed E-state index contributed by atoms with van der Waals surface area (Å²) in [5, 5.41) is 5.11. The van der Waals surface area contributed by atoms with E-state index in [4.69, 9.17) is 17.4 Å². The van der Waals surface area contributed by atoms with Gasteiger partial charge in [0.1, 0.15) is 5.15 Å². The van der Waals surface area contributed by atoms with Crippen molar-refractivity contribution in [2.24, 2.45) is 24.7 Å². The fraction of sp³-hybridized carbons (Fsp3) is 0.786. The molecule has 108 valence electrons. The van der Waals surface area contributed by atoms with Gasteiger partial charge < -0.3 is 0 Å². The predicted octanol–water partition coefficient (Wildman–Crippen LogP) is 2.58. The standard InChI is InChI=1S/C14H25ClN4/c1-9-4-6-11(7-5-9)13(17-16)8-12-10(2)18-19(3)14(12)15/h9,11,13,17H,4-8,16H2,1-3H3. The van der Waals surface area contributed by atoms with Gasteiger partial charge in [-0.2, -0.15) is 5.10 Å². The molecule has 4 nitrogen and oxygen atoms in total. The van der Waals surface area contributed by atoms with E-state index in [1.165, 1.54) is 25.7 Å². The number of nitrogens with two attached hydrogens (primary N) is 1. The van der Waals surface area contributed by atoms with E-state index < -0.39 is 0 Å². The second-order valence-electron chi connectivity index (χ2n) is 5.98. The molecule has 19 heavy (non-hydrogen) atoms. The van der Waals surface area contributed by atoms with Crippen molar-refractivity contribution in [3.05, 3.63) is 16.4 Å². The van der Waals surface area contributed by atoms with Crippen LogP contribution < -0.4 is 11.3 Å². The highest BCUT2D eigenvalue weighted by Crippen LogP contribution is 2.32. The van der Waals surface area contributed by atoms with E-state index in [9.17, 15) is 0 Å². The average Bonchev–Trinajstić information content (AvgIpc) is 2.63. The largest absolute Gasteiger partial charge is 0.271 e. The second kappa shape index (κ2) is 6.25. The minimum absolute atomic E-state index is 0.299. The molecule has 1 unspecified atom stereocenters. The van der Waals surface area contributed by atoms with Crippen molar-refractivity contribution < 1.29 is 0 Å². The highest BCUT2D eigenvalue weighted by atomic mass is 35.5. The van der Waals surface area contributed by atoms with Gasteiger partial charge in [0.15, 0.2) is 0 Å². The zero-order valence-corrected chi connectivity index (χ0v) is 12.9. The summed E-state index contributed by atoms with van der Waals surface area (Å²) in [6, 6.07) is 0.299. The average molecular weight is 285 g/mol.